The van der Waals surface area contributed by atoms with Crippen LogP contribution in [0.25, 0.3) is 0 Å². The second-order valence-corrected chi connectivity index (χ2v) is 7.42. The van der Waals surface area contributed by atoms with Gasteiger partial charge >= 0.3 is 0 Å². The van der Waals surface area contributed by atoms with Crippen LogP contribution >= 0.6 is 10.7 Å². The molecule has 1 unspecified atom stereocenters. The lowest BCUT2D eigenvalue weighted by atomic mass is 10.2. The van der Waals surface area contributed by atoms with Crippen LogP contribution in [0.5, 0.6) is 0 Å². The summed E-state index contributed by atoms with van der Waals surface area (Å²) in [6, 6.07) is 0. The molecule has 1 aromatic heterocycles. The topological polar surface area (TPSA) is 101 Å². The van der Waals surface area contributed by atoms with E-state index >= 15 is 0 Å². The standard InChI is InChI=1S/C12H18ClN3O4S/c1-2-4-9-11(21(13,18)19)10(16-15-9)12(17)14-7-8-5-3-6-20-8/h8H,2-7H2,1H3,(H,14,17)(H,15,16). The monoisotopic (exact) mass is 335 g/mol. The van der Waals surface area contributed by atoms with Gasteiger partial charge in [-0.25, -0.2) is 8.42 Å². The number of aromatic amines is 1. The lowest BCUT2D eigenvalue weighted by Crippen LogP contribution is -2.32. The molecule has 1 saturated heterocycles. The normalized spacial score (nSPS) is 18.9. The molecular formula is C12H18ClN3O4S. The fourth-order valence-electron chi connectivity index (χ4n) is 2.30. The second-order valence-electron chi connectivity index (χ2n) is 4.91. The van der Waals surface area contributed by atoms with Crippen LogP contribution in [0.1, 0.15) is 42.4 Å². The Balaban J connectivity index is 2.16. The Kier molecular flexibility index (Phi) is 5.23. The first kappa shape index (κ1) is 16.3. The summed E-state index contributed by atoms with van der Waals surface area (Å²) < 4.78 is 28.7. The highest BCUT2D eigenvalue weighted by Crippen LogP contribution is 2.23. The molecule has 1 fully saturated rings. The Morgan fingerprint density at radius 3 is 2.90 bits per heavy atom. The number of nitrogens with zero attached hydrogens (tertiary/aromatic N) is 1. The van der Waals surface area contributed by atoms with Crippen LogP contribution in [0.3, 0.4) is 0 Å². The number of carbonyl (C=O) groups excluding carboxylic acids is 1. The summed E-state index contributed by atoms with van der Waals surface area (Å²) in [5.74, 6) is -0.566. The zero-order chi connectivity index (χ0) is 15.5. The van der Waals surface area contributed by atoms with Gasteiger partial charge in [-0.1, -0.05) is 13.3 Å². The van der Waals surface area contributed by atoms with Gasteiger partial charge < -0.3 is 10.1 Å². The molecule has 21 heavy (non-hydrogen) atoms. The van der Waals surface area contributed by atoms with Crippen LogP contribution in [-0.2, 0) is 20.2 Å². The van der Waals surface area contributed by atoms with Crippen molar-refractivity contribution in [1.29, 1.82) is 0 Å². The van der Waals surface area contributed by atoms with Gasteiger partial charge in [-0.3, -0.25) is 9.89 Å². The zero-order valence-corrected chi connectivity index (χ0v) is 13.3. The minimum absolute atomic E-state index is 0.0286. The van der Waals surface area contributed by atoms with E-state index in [1.807, 2.05) is 6.92 Å². The molecule has 1 aliphatic rings. The number of carbonyl (C=O) groups is 1. The van der Waals surface area contributed by atoms with E-state index in [2.05, 4.69) is 15.5 Å². The number of aryl methyl sites for hydroxylation is 1. The molecule has 1 atom stereocenters. The van der Waals surface area contributed by atoms with Gasteiger partial charge in [-0.2, -0.15) is 5.10 Å². The highest BCUT2D eigenvalue weighted by Gasteiger charge is 2.28. The summed E-state index contributed by atoms with van der Waals surface area (Å²) in [6.45, 7) is 2.91. The average Bonchev–Trinajstić information content (AvgIpc) is 3.04. The highest BCUT2D eigenvalue weighted by molar-refractivity contribution is 8.13. The predicted molar refractivity (Wildman–Crippen MR) is 76.9 cm³/mol. The number of aromatic nitrogens is 2. The maximum atomic E-state index is 12.1. The molecule has 0 aromatic carbocycles. The first-order chi connectivity index (χ1) is 9.93. The number of amides is 1. The number of nitrogens with one attached hydrogen (secondary N) is 2. The molecule has 0 radical (unpaired) electrons. The largest absolute Gasteiger partial charge is 0.376 e. The summed E-state index contributed by atoms with van der Waals surface area (Å²) in [6.07, 6.45) is 2.97. The number of H-pyrrole nitrogens is 1. The van der Waals surface area contributed by atoms with Crippen molar-refractivity contribution in [2.24, 2.45) is 0 Å². The number of hydrogen-bond donors (Lipinski definition) is 2. The van der Waals surface area contributed by atoms with Crippen LogP contribution < -0.4 is 5.32 Å². The molecule has 0 saturated carbocycles. The lowest BCUT2D eigenvalue weighted by Gasteiger charge is -2.10. The smallest absolute Gasteiger partial charge is 0.273 e. The van der Waals surface area contributed by atoms with Crippen molar-refractivity contribution in [3.8, 4) is 0 Å². The summed E-state index contributed by atoms with van der Waals surface area (Å²) in [7, 11) is 1.39. The first-order valence-corrected chi connectivity index (χ1v) is 9.16. The number of halogens is 1. The van der Waals surface area contributed by atoms with Gasteiger partial charge in [0, 0.05) is 23.8 Å². The van der Waals surface area contributed by atoms with Crippen molar-refractivity contribution >= 4 is 25.6 Å². The summed E-state index contributed by atoms with van der Waals surface area (Å²) in [5, 5.41) is 9.03. The van der Waals surface area contributed by atoms with Gasteiger partial charge in [0.2, 0.25) is 0 Å². The van der Waals surface area contributed by atoms with Crippen LogP contribution in [-0.4, -0.2) is 43.8 Å². The van der Waals surface area contributed by atoms with E-state index in [1.165, 1.54) is 0 Å². The van der Waals surface area contributed by atoms with Crippen LogP contribution in [0.15, 0.2) is 4.90 Å². The third-order valence-corrected chi connectivity index (χ3v) is 4.66. The van der Waals surface area contributed by atoms with E-state index in [-0.39, 0.29) is 16.7 Å². The van der Waals surface area contributed by atoms with Crippen molar-refractivity contribution in [1.82, 2.24) is 15.5 Å². The zero-order valence-electron chi connectivity index (χ0n) is 11.7. The summed E-state index contributed by atoms with van der Waals surface area (Å²) in [4.78, 5) is 11.9. The third-order valence-electron chi connectivity index (χ3n) is 3.27. The second kappa shape index (κ2) is 6.76. The molecule has 0 spiro atoms. The SMILES string of the molecule is CCCc1[nH]nc(C(=O)NCC2CCCO2)c1S(=O)(=O)Cl. The van der Waals surface area contributed by atoms with E-state index in [4.69, 9.17) is 15.4 Å². The third kappa shape index (κ3) is 3.96. The fraction of sp³-hybridized carbons (Fsp3) is 0.667. The Morgan fingerprint density at radius 2 is 2.33 bits per heavy atom. The molecule has 1 amide bonds. The van der Waals surface area contributed by atoms with Gasteiger partial charge in [-0.05, 0) is 19.3 Å². The molecule has 9 heteroatoms. The molecule has 1 aromatic rings. The van der Waals surface area contributed by atoms with E-state index < -0.39 is 15.0 Å². The van der Waals surface area contributed by atoms with E-state index in [1.54, 1.807) is 0 Å². The molecule has 0 bridgehead atoms. The van der Waals surface area contributed by atoms with Crippen molar-refractivity contribution in [3.05, 3.63) is 11.4 Å². The number of rotatable bonds is 6. The summed E-state index contributed by atoms with van der Waals surface area (Å²) in [5.41, 5.74) is 0.168. The van der Waals surface area contributed by atoms with Crippen LogP contribution in [0, 0.1) is 0 Å². The molecule has 0 aliphatic carbocycles. The van der Waals surface area contributed by atoms with E-state index in [0.29, 0.717) is 31.7 Å². The van der Waals surface area contributed by atoms with E-state index in [0.717, 1.165) is 12.8 Å². The Bertz CT molecular complexity index is 608. The number of ether oxygens (including phenoxy) is 1. The maximum absolute atomic E-state index is 12.1. The molecular weight excluding hydrogens is 318 g/mol. The van der Waals surface area contributed by atoms with Gasteiger partial charge in [-0.15, -0.1) is 0 Å². The Hall–Kier alpha value is -1.12. The summed E-state index contributed by atoms with van der Waals surface area (Å²) >= 11 is 0. The Labute approximate surface area is 127 Å². The van der Waals surface area contributed by atoms with E-state index in [9.17, 15) is 13.2 Å². The van der Waals surface area contributed by atoms with Crippen molar-refractivity contribution in [2.75, 3.05) is 13.2 Å². The van der Waals surface area contributed by atoms with Gasteiger partial charge in [0.1, 0.15) is 4.90 Å². The molecule has 118 valence electrons. The minimum atomic E-state index is -4.04. The van der Waals surface area contributed by atoms with Gasteiger partial charge in [0.15, 0.2) is 5.69 Å². The number of hydrogen-bond acceptors (Lipinski definition) is 5. The lowest BCUT2D eigenvalue weighted by molar-refractivity contribution is 0.0851. The molecule has 2 N–H and O–H groups in total. The predicted octanol–water partition coefficient (Wildman–Crippen LogP) is 1.20. The highest BCUT2D eigenvalue weighted by atomic mass is 35.7. The molecule has 1 aliphatic heterocycles. The van der Waals surface area contributed by atoms with Gasteiger partial charge in [0.05, 0.1) is 11.8 Å². The minimum Gasteiger partial charge on any atom is -0.376 e. The molecule has 2 rings (SSSR count). The Morgan fingerprint density at radius 1 is 1.57 bits per heavy atom. The molecule has 7 nitrogen and oxygen atoms in total. The fourth-order valence-corrected chi connectivity index (χ4v) is 3.61. The van der Waals surface area contributed by atoms with Gasteiger partial charge in [0.25, 0.3) is 15.0 Å². The van der Waals surface area contributed by atoms with Crippen molar-refractivity contribution in [2.45, 2.75) is 43.6 Å². The van der Waals surface area contributed by atoms with Crippen molar-refractivity contribution < 1.29 is 17.9 Å². The van der Waals surface area contributed by atoms with Crippen LogP contribution in [0.2, 0.25) is 0 Å². The first-order valence-electron chi connectivity index (χ1n) is 6.85. The maximum Gasteiger partial charge on any atom is 0.273 e. The van der Waals surface area contributed by atoms with Crippen molar-refractivity contribution in [3.63, 3.8) is 0 Å². The van der Waals surface area contributed by atoms with Crippen LogP contribution in [0.4, 0.5) is 0 Å². The molecule has 2 heterocycles. The average molecular weight is 336 g/mol. The quantitative estimate of drug-likeness (QED) is 0.761.